The number of rotatable bonds is 6. The molecule has 0 fully saturated rings. The lowest BCUT2D eigenvalue weighted by molar-refractivity contribution is -0.393. The van der Waals surface area contributed by atoms with Crippen molar-refractivity contribution in [2.75, 3.05) is 18.5 Å². The van der Waals surface area contributed by atoms with Gasteiger partial charge in [-0.15, -0.1) is 0 Å². The lowest BCUT2D eigenvalue weighted by Gasteiger charge is -2.19. The Bertz CT molecular complexity index is 489. The predicted octanol–water partition coefficient (Wildman–Crippen LogP) is 1.71. The third-order valence-electron chi connectivity index (χ3n) is 2.66. The summed E-state index contributed by atoms with van der Waals surface area (Å²) in [6, 6.07) is 3.51. The predicted molar refractivity (Wildman–Crippen MR) is 69.3 cm³/mol. The Morgan fingerprint density at radius 1 is 1.32 bits per heavy atom. The molecule has 104 valence electrons. The standard InChI is InChI=1S/C11H15N3O5/c1-8(15)5-6-12(2)10-4-3-9(13(16)17)7-11(10)14(18)19/h3-4,7-8,15H,5-6H2,1-2H3. The summed E-state index contributed by atoms with van der Waals surface area (Å²) in [4.78, 5) is 21.8. The topological polar surface area (TPSA) is 110 Å². The fourth-order valence-electron chi connectivity index (χ4n) is 1.60. The molecule has 0 aliphatic carbocycles. The first-order valence-corrected chi connectivity index (χ1v) is 5.65. The molecule has 0 heterocycles. The van der Waals surface area contributed by atoms with E-state index in [1.807, 2.05) is 0 Å². The molecule has 0 saturated heterocycles. The van der Waals surface area contributed by atoms with E-state index >= 15 is 0 Å². The molecule has 0 spiro atoms. The molecule has 1 atom stereocenters. The van der Waals surface area contributed by atoms with Gasteiger partial charge in [-0.1, -0.05) is 0 Å². The van der Waals surface area contributed by atoms with E-state index in [0.29, 0.717) is 13.0 Å². The van der Waals surface area contributed by atoms with Crippen molar-refractivity contribution in [3.8, 4) is 0 Å². The maximum absolute atomic E-state index is 10.9. The summed E-state index contributed by atoms with van der Waals surface area (Å²) in [6.07, 6.45) is -0.0653. The van der Waals surface area contributed by atoms with Crippen LogP contribution >= 0.6 is 0 Å². The van der Waals surface area contributed by atoms with Crippen molar-refractivity contribution >= 4 is 17.1 Å². The highest BCUT2D eigenvalue weighted by Crippen LogP contribution is 2.31. The molecular formula is C11H15N3O5. The number of aliphatic hydroxyl groups excluding tert-OH is 1. The van der Waals surface area contributed by atoms with Crippen LogP contribution in [0.2, 0.25) is 0 Å². The lowest BCUT2D eigenvalue weighted by atomic mass is 10.2. The number of anilines is 1. The summed E-state index contributed by atoms with van der Waals surface area (Å²) < 4.78 is 0. The summed E-state index contributed by atoms with van der Waals surface area (Å²) in [5.74, 6) is 0. The number of hydrogen-bond acceptors (Lipinski definition) is 6. The van der Waals surface area contributed by atoms with Gasteiger partial charge in [0, 0.05) is 19.7 Å². The average molecular weight is 269 g/mol. The molecule has 1 aromatic carbocycles. The molecule has 1 aromatic rings. The zero-order chi connectivity index (χ0) is 14.6. The van der Waals surface area contributed by atoms with Gasteiger partial charge in [-0.25, -0.2) is 0 Å². The number of hydrogen-bond donors (Lipinski definition) is 1. The minimum absolute atomic E-state index is 0.288. The average Bonchev–Trinajstić information content (AvgIpc) is 2.34. The number of non-ortho nitro benzene ring substituents is 1. The highest BCUT2D eigenvalue weighted by molar-refractivity contribution is 5.66. The molecular weight excluding hydrogens is 254 g/mol. The van der Waals surface area contributed by atoms with Crippen molar-refractivity contribution in [3.63, 3.8) is 0 Å². The van der Waals surface area contributed by atoms with Gasteiger partial charge < -0.3 is 10.0 Å². The van der Waals surface area contributed by atoms with Crippen molar-refractivity contribution in [2.24, 2.45) is 0 Å². The maximum atomic E-state index is 10.9. The van der Waals surface area contributed by atoms with Gasteiger partial charge in [0.2, 0.25) is 0 Å². The van der Waals surface area contributed by atoms with Crippen molar-refractivity contribution in [3.05, 3.63) is 38.4 Å². The van der Waals surface area contributed by atoms with E-state index in [9.17, 15) is 25.3 Å². The van der Waals surface area contributed by atoms with Gasteiger partial charge in [0.25, 0.3) is 11.4 Å². The Hall–Kier alpha value is -2.22. The van der Waals surface area contributed by atoms with Crippen LogP contribution in [0.4, 0.5) is 17.1 Å². The zero-order valence-electron chi connectivity index (χ0n) is 10.6. The number of nitrogens with zero attached hydrogens (tertiary/aromatic N) is 3. The first kappa shape index (κ1) is 14.8. The minimum atomic E-state index is -0.674. The second-order valence-corrected chi connectivity index (χ2v) is 4.25. The molecule has 1 N–H and O–H groups in total. The van der Waals surface area contributed by atoms with Crippen LogP contribution in [0.1, 0.15) is 13.3 Å². The van der Waals surface area contributed by atoms with Gasteiger partial charge >= 0.3 is 0 Å². The summed E-state index contributed by atoms with van der Waals surface area (Å²) in [5, 5.41) is 30.7. The lowest BCUT2D eigenvalue weighted by Crippen LogP contribution is -2.22. The summed E-state index contributed by atoms with van der Waals surface area (Å²) in [5.41, 5.74) is -0.349. The van der Waals surface area contributed by atoms with Crippen molar-refractivity contribution in [1.82, 2.24) is 0 Å². The molecule has 0 radical (unpaired) electrons. The third-order valence-corrected chi connectivity index (χ3v) is 2.66. The molecule has 0 aromatic heterocycles. The first-order valence-electron chi connectivity index (χ1n) is 5.65. The third kappa shape index (κ3) is 3.88. The summed E-state index contributed by atoms with van der Waals surface area (Å²) in [6.45, 7) is 2.04. The fourth-order valence-corrected chi connectivity index (χ4v) is 1.60. The summed E-state index contributed by atoms with van der Waals surface area (Å²) in [7, 11) is 1.64. The van der Waals surface area contributed by atoms with E-state index in [1.54, 1.807) is 18.9 Å². The molecule has 0 saturated carbocycles. The van der Waals surface area contributed by atoms with Crippen LogP contribution in [0.15, 0.2) is 18.2 Å². The van der Waals surface area contributed by atoms with Gasteiger partial charge in [0.05, 0.1) is 22.0 Å². The Labute approximate surface area is 109 Å². The second kappa shape index (κ2) is 6.10. The molecule has 0 aliphatic rings. The first-order chi connectivity index (χ1) is 8.82. The number of benzene rings is 1. The van der Waals surface area contributed by atoms with Crippen LogP contribution < -0.4 is 4.90 Å². The van der Waals surface area contributed by atoms with E-state index < -0.39 is 16.0 Å². The Balaban J connectivity index is 3.06. The van der Waals surface area contributed by atoms with Gasteiger partial charge in [-0.3, -0.25) is 20.2 Å². The van der Waals surface area contributed by atoms with Gasteiger partial charge in [-0.2, -0.15) is 0 Å². The van der Waals surface area contributed by atoms with Crippen molar-refractivity contribution in [1.29, 1.82) is 0 Å². The minimum Gasteiger partial charge on any atom is -0.393 e. The van der Waals surface area contributed by atoms with Crippen LogP contribution in [0, 0.1) is 20.2 Å². The van der Waals surface area contributed by atoms with Crippen LogP contribution in [0.5, 0.6) is 0 Å². The largest absolute Gasteiger partial charge is 0.393 e. The Morgan fingerprint density at radius 3 is 2.42 bits per heavy atom. The SMILES string of the molecule is CC(O)CCN(C)c1ccc([N+](=O)[O-])cc1[N+](=O)[O-]. The van der Waals surface area contributed by atoms with Crippen molar-refractivity contribution < 1.29 is 15.0 Å². The molecule has 8 nitrogen and oxygen atoms in total. The summed E-state index contributed by atoms with van der Waals surface area (Å²) >= 11 is 0. The van der Waals surface area contributed by atoms with Gasteiger partial charge in [0.15, 0.2) is 0 Å². The smallest absolute Gasteiger partial charge is 0.299 e. The second-order valence-electron chi connectivity index (χ2n) is 4.25. The van der Waals surface area contributed by atoms with Crippen LogP contribution in [-0.4, -0.2) is 34.6 Å². The van der Waals surface area contributed by atoms with Gasteiger partial charge in [0.1, 0.15) is 5.69 Å². The number of nitro groups is 2. The zero-order valence-corrected chi connectivity index (χ0v) is 10.6. The number of nitro benzene ring substituents is 2. The quantitative estimate of drug-likeness (QED) is 0.621. The van der Waals surface area contributed by atoms with Crippen LogP contribution in [0.25, 0.3) is 0 Å². The van der Waals surface area contributed by atoms with Crippen molar-refractivity contribution in [2.45, 2.75) is 19.4 Å². The maximum Gasteiger partial charge on any atom is 0.299 e. The molecule has 0 amide bonds. The molecule has 8 heteroatoms. The molecule has 1 rings (SSSR count). The van der Waals surface area contributed by atoms with Crippen LogP contribution in [-0.2, 0) is 0 Å². The normalized spacial score (nSPS) is 11.9. The fraction of sp³-hybridized carbons (Fsp3) is 0.455. The highest BCUT2D eigenvalue weighted by atomic mass is 16.6. The van der Waals surface area contributed by atoms with E-state index in [2.05, 4.69) is 0 Å². The highest BCUT2D eigenvalue weighted by Gasteiger charge is 2.21. The number of aliphatic hydroxyl groups is 1. The van der Waals surface area contributed by atoms with E-state index in [0.717, 1.165) is 6.07 Å². The van der Waals surface area contributed by atoms with E-state index in [4.69, 9.17) is 0 Å². The van der Waals surface area contributed by atoms with Crippen LogP contribution in [0.3, 0.4) is 0 Å². The molecule has 0 aliphatic heterocycles. The Kier molecular flexibility index (Phi) is 4.76. The molecule has 1 unspecified atom stereocenters. The monoisotopic (exact) mass is 269 g/mol. The Morgan fingerprint density at radius 2 is 1.95 bits per heavy atom. The van der Waals surface area contributed by atoms with E-state index in [1.165, 1.54) is 12.1 Å². The van der Waals surface area contributed by atoms with Gasteiger partial charge in [-0.05, 0) is 19.4 Å². The molecule has 0 bridgehead atoms. The van der Waals surface area contributed by atoms with E-state index in [-0.39, 0.29) is 17.1 Å². The molecule has 19 heavy (non-hydrogen) atoms.